The Hall–Kier alpha value is -3.36. The Morgan fingerprint density at radius 2 is 1.70 bits per heavy atom. The van der Waals surface area contributed by atoms with Crippen LogP contribution in [-0.4, -0.2) is 55.6 Å². The van der Waals surface area contributed by atoms with Gasteiger partial charge in [-0.15, -0.1) is 0 Å². The van der Waals surface area contributed by atoms with Crippen LogP contribution >= 0.6 is 0 Å². The number of allylic oxidation sites excluding steroid dienone is 4. The Labute approximate surface area is 271 Å². The smallest absolute Gasteiger partial charge is 0.330 e. The minimum absolute atomic E-state index is 0.0732. The zero-order valence-corrected chi connectivity index (χ0v) is 28.3. The highest BCUT2D eigenvalue weighted by Crippen LogP contribution is 2.71. The van der Waals surface area contributed by atoms with Crippen LogP contribution in [0.4, 0.5) is 0 Å². The highest BCUT2D eigenvalue weighted by molar-refractivity contribution is 6.07. The van der Waals surface area contributed by atoms with E-state index in [9.17, 15) is 24.9 Å². The van der Waals surface area contributed by atoms with Crippen LogP contribution in [-0.2, 0) is 16.0 Å². The normalized spacial score (nSPS) is 34.5. The first kappa shape index (κ1) is 32.6. The summed E-state index contributed by atoms with van der Waals surface area (Å²) < 4.78 is 20.9. The molecule has 4 fully saturated rings. The summed E-state index contributed by atoms with van der Waals surface area (Å²) in [4.78, 5) is 26.6. The zero-order valence-electron chi connectivity index (χ0n) is 28.3. The van der Waals surface area contributed by atoms with Crippen molar-refractivity contribution < 1.29 is 39.1 Å². The number of hydrogen-bond donors (Lipinski definition) is 3. The molecule has 1 saturated heterocycles. The number of ketones is 1. The second-order valence-corrected chi connectivity index (χ2v) is 15.4. The van der Waals surface area contributed by atoms with Crippen LogP contribution < -0.4 is 9.47 Å². The molecule has 8 heteroatoms. The molecule has 248 valence electrons. The Morgan fingerprint density at radius 3 is 2.35 bits per heavy atom. The first-order valence-corrected chi connectivity index (χ1v) is 16.6. The van der Waals surface area contributed by atoms with Gasteiger partial charge in [-0.3, -0.25) is 4.79 Å². The lowest BCUT2D eigenvalue weighted by Gasteiger charge is -2.63. The molecular formula is C38H48O8. The van der Waals surface area contributed by atoms with Crippen LogP contribution in [0.15, 0.2) is 41.0 Å². The van der Waals surface area contributed by atoms with Crippen molar-refractivity contribution in [2.45, 2.75) is 122 Å². The van der Waals surface area contributed by atoms with Crippen LogP contribution in [0.2, 0.25) is 0 Å². The number of carboxylic acid groups (broad SMARTS) is 1. The van der Waals surface area contributed by atoms with Gasteiger partial charge in [0.2, 0.25) is 0 Å². The lowest BCUT2D eigenvalue weighted by atomic mass is 9.46. The lowest BCUT2D eigenvalue weighted by molar-refractivity contribution is -0.253. The van der Waals surface area contributed by atoms with Crippen molar-refractivity contribution in [3.63, 3.8) is 0 Å². The molecule has 3 aliphatic carbocycles. The fraction of sp³-hybridized carbons (Fsp3) is 0.579. The molecule has 46 heavy (non-hydrogen) atoms. The minimum atomic E-state index is -1.37. The Balaban J connectivity index is 1.57. The summed E-state index contributed by atoms with van der Waals surface area (Å²) in [6, 6.07) is 0. The van der Waals surface area contributed by atoms with E-state index in [2.05, 4.69) is 26.0 Å². The molecule has 3 saturated carbocycles. The number of aromatic hydroxyl groups is 1. The van der Waals surface area contributed by atoms with Gasteiger partial charge in [-0.1, -0.05) is 29.4 Å². The third kappa shape index (κ3) is 4.61. The number of rotatable bonds is 8. The number of fused-ring (bicyclic) bond motifs is 2. The van der Waals surface area contributed by atoms with Crippen molar-refractivity contribution >= 4 is 17.8 Å². The van der Waals surface area contributed by atoms with Gasteiger partial charge in [-0.05, 0) is 106 Å². The number of carbonyl (C=O) groups is 2. The molecule has 7 atom stereocenters. The first-order chi connectivity index (χ1) is 21.5. The standard InChI is InChI=1S/C38H48O8/c1-20(2)10-9-15-36(8)16-14-24-29(39)28-30(40)26-18-23-19-27-35(6,7)46-37(33(23)41,17-13-22(5)34(42)43)38(26,27)45-32(28)25(31(24)44-36)12-11-21(3)4/h10-11,13-14,16,23,26-27,33,39,41H,9,12,15,17-19H2,1-8H3,(H,42,43)/t23-,26-,27+,33+,36-,37+,38+/m1/s1. The molecule has 4 bridgehead atoms. The molecule has 1 spiro atoms. The van der Waals surface area contributed by atoms with Crippen molar-refractivity contribution in [1.82, 2.24) is 0 Å². The topological polar surface area (TPSA) is 123 Å². The Bertz CT molecular complexity index is 1620. The monoisotopic (exact) mass is 632 g/mol. The van der Waals surface area contributed by atoms with Crippen molar-refractivity contribution in [1.29, 1.82) is 0 Å². The summed E-state index contributed by atoms with van der Waals surface area (Å²) >= 11 is 0. The van der Waals surface area contributed by atoms with Crippen LogP contribution in [0.1, 0.15) is 109 Å². The Kier molecular flexibility index (Phi) is 7.68. The number of aliphatic carboxylic acids is 1. The molecule has 0 unspecified atom stereocenters. The summed E-state index contributed by atoms with van der Waals surface area (Å²) in [6.45, 7) is 15.6. The molecule has 7 rings (SSSR count). The number of phenols is 1. The molecule has 3 heterocycles. The number of hydrogen-bond acceptors (Lipinski definition) is 7. The summed E-state index contributed by atoms with van der Waals surface area (Å²) in [6.07, 6.45) is 11.7. The van der Waals surface area contributed by atoms with Crippen molar-refractivity contribution in [3.8, 4) is 17.2 Å². The van der Waals surface area contributed by atoms with Crippen molar-refractivity contribution in [2.75, 3.05) is 0 Å². The first-order valence-electron chi connectivity index (χ1n) is 16.6. The number of ether oxygens (including phenoxy) is 3. The van der Waals surface area contributed by atoms with Crippen LogP contribution in [0.5, 0.6) is 17.2 Å². The van der Waals surface area contributed by atoms with E-state index < -0.39 is 40.4 Å². The fourth-order valence-electron chi connectivity index (χ4n) is 9.00. The fourth-order valence-corrected chi connectivity index (χ4v) is 9.00. The quantitative estimate of drug-likeness (QED) is 0.205. The molecule has 0 amide bonds. The number of carboxylic acids is 1. The van der Waals surface area contributed by atoms with Gasteiger partial charge < -0.3 is 29.5 Å². The minimum Gasteiger partial charge on any atom is -0.506 e. The third-order valence-corrected chi connectivity index (χ3v) is 11.2. The molecule has 0 aromatic heterocycles. The molecule has 8 nitrogen and oxygen atoms in total. The van der Waals surface area contributed by atoms with E-state index in [1.807, 2.05) is 46.8 Å². The molecule has 0 radical (unpaired) electrons. The Morgan fingerprint density at radius 1 is 1.00 bits per heavy atom. The van der Waals surface area contributed by atoms with E-state index in [1.54, 1.807) is 6.08 Å². The predicted octanol–water partition coefficient (Wildman–Crippen LogP) is 7.11. The van der Waals surface area contributed by atoms with Gasteiger partial charge in [0, 0.05) is 23.5 Å². The number of phenolic OH excluding ortho intramolecular Hbond substituents is 1. The van der Waals surface area contributed by atoms with Crippen molar-refractivity contribution in [2.24, 2.45) is 17.8 Å². The molecular weight excluding hydrogens is 584 g/mol. The van der Waals surface area contributed by atoms with E-state index in [4.69, 9.17) is 14.2 Å². The molecule has 1 aromatic carbocycles. The van der Waals surface area contributed by atoms with Gasteiger partial charge in [0.25, 0.3) is 0 Å². The van der Waals surface area contributed by atoms with Crippen molar-refractivity contribution in [3.05, 3.63) is 57.7 Å². The second-order valence-electron chi connectivity index (χ2n) is 15.4. The maximum absolute atomic E-state index is 14.8. The van der Waals surface area contributed by atoms with Gasteiger partial charge >= 0.3 is 5.97 Å². The van der Waals surface area contributed by atoms with Crippen LogP contribution in [0, 0.1) is 17.8 Å². The zero-order chi connectivity index (χ0) is 33.6. The molecule has 3 N–H and O–H groups in total. The van der Waals surface area contributed by atoms with Gasteiger partial charge in [-0.25, -0.2) is 4.79 Å². The summed E-state index contributed by atoms with van der Waals surface area (Å²) in [5, 5.41) is 33.5. The van der Waals surface area contributed by atoms with E-state index in [-0.39, 0.29) is 46.7 Å². The SMILES string of the molecule is CC(C)=CCC[C@]1(C)C=Cc2c(O)c3c(c(CC=C(C)C)c2O1)O[C@@]12[C@H](C[C@@H]4C[C@H]1C(C)(C)O[C@@]2(CC=C(C)C(=O)O)[C@H]4O)C3=O. The van der Waals surface area contributed by atoms with E-state index in [0.29, 0.717) is 36.1 Å². The summed E-state index contributed by atoms with van der Waals surface area (Å²) in [7, 11) is 0. The second kappa shape index (κ2) is 10.8. The average molecular weight is 633 g/mol. The largest absolute Gasteiger partial charge is 0.506 e. The van der Waals surface area contributed by atoms with E-state index in [1.165, 1.54) is 12.5 Å². The van der Waals surface area contributed by atoms with Crippen LogP contribution in [0.3, 0.4) is 0 Å². The van der Waals surface area contributed by atoms with Gasteiger partial charge in [-0.2, -0.15) is 0 Å². The van der Waals surface area contributed by atoms with Gasteiger partial charge in [0.1, 0.15) is 34.0 Å². The van der Waals surface area contributed by atoms with E-state index in [0.717, 1.165) is 18.4 Å². The maximum Gasteiger partial charge on any atom is 0.330 e. The van der Waals surface area contributed by atoms with E-state index >= 15 is 0 Å². The van der Waals surface area contributed by atoms with Crippen LogP contribution in [0.25, 0.3) is 6.08 Å². The lowest BCUT2D eigenvalue weighted by Crippen LogP contribution is -2.77. The number of aliphatic hydroxyl groups excluding tert-OH is 1. The highest BCUT2D eigenvalue weighted by Gasteiger charge is 2.83. The maximum atomic E-state index is 14.8. The summed E-state index contributed by atoms with van der Waals surface area (Å²) in [5.74, 6) is -1.84. The highest BCUT2D eigenvalue weighted by atomic mass is 16.6. The summed E-state index contributed by atoms with van der Waals surface area (Å²) in [5.41, 5.74) is -0.321. The van der Waals surface area contributed by atoms with Gasteiger partial charge in [0.05, 0.1) is 23.2 Å². The predicted molar refractivity (Wildman–Crippen MR) is 175 cm³/mol. The third-order valence-electron chi connectivity index (χ3n) is 11.2. The molecule has 3 aliphatic heterocycles. The number of aliphatic hydroxyl groups is 1. The average Bonchev–Trinajstić information content (AvgIpc) is 3.12. The number of carbonyl (C=O) groups excluding carboxylic acids is 1. The number of benzene rings is 1. The molecule has 1 aromatic rings. The molecule has 6 aliphatic rings. The number of Topliss-reactive ketones (excluding diaryl/α,β-unsaturated/α-hetero) is 1. The van der Waals surface area contributed by atoms with Gasteiger partial charge in [0.15, 0.2) is 11.4 Å².